The molecule has 3 heteroatoms. The fourth-order valence-electron chi connectivity index (χ4n) is 8.31. The second-order valence-corrected chi connectivity index (χ2v) is 14.0. The predicted molar refractivity (Wildman–Crippen MR) is 196 cm³/mol. The van der Waals surface area contributed by atoms with Gasteiger partial charge in [-0.15, -0.1) is 0 Å². The van der Waals surface area contributed by atoms with Gasteiger partial charge in [0, 0.05) is 17.0 Å². The minimum Gasteiger partial charge on any atom is -0.211 e. The summed E-state index contributed by atoms with van der Waals surface area (Å²) in [5.74, 6) is 2.30. The molecule has 1 aromatic heterocycles. The summed E-state index contributed by atoms with van der Waals surface area (Å²) < 4.78 is 0. The van der Waals surface area contributed by atoms with E-state index < -0.39 is 5.41 Å². The lowest BCUT2D eigenvalue weighted by atomic mass is 9.51. The van der Waals surface area contributed by atoms with E-state index in [2.05, 4.69) is 145 Å². The van der Waals surface area contributed by atoms with Crippen LogP contribution in [0.15, 0.2) is 109 Å². The number of benzene rings is 6. The van der Waals surface area contributed by atoms with Gasteiger partial charge in [0.15, 0.2) is 17.5 Å². The van der Waals surface area contributed by atoms with Crippen LogP contribution < -0.4 is 0 Å². The molecule has 3 nitrogen and oxygen atoms in total. The van der Waals surface area contributed by atoms with Crippen LogP contribution in [0.3, 0.4) is 0 Å². The number of nitrogens with zero attached hydrogens (tertiary/aromatic N) is 3. The molecular weight excluding hydrogens is 583 g/mol. The molecule has 3 aliphatic rings. The molecule has 2 bridgehead atoms. The molecule has 0 atom stereocenters. The molecule has 3 aliphatic carbocycles. The zero-order valence-corrected chi connectivity index (χ0v) is 28.3. The summed E-state index contributed by atoms with van der Waals surface area (Å²) in [6.07, 6.45) is 0. The number of fused-ring (bicyclic) bond motifs is 1. The summed E-state index contributed by atoms with van der Waals surface area (Å²) in [4.78, 5) is 16.4. The standard InChI is InChI=1S/C45H37N3/c1-25-19-35-38(22-28(25)4)45(39-23-29(5)26(2)20-36(39)41(35)37-21-27(3)30(6)24-40(37)45)44-47-42(32-14-8-7-9-15-32)46-43(48-44)34-18-12-16-31-13-10-11-17-33(31)34/h7-24,41H,1-6H3. The average Bonchev–Trinajstić information content (AvgIpc) is 3.10. The summed E-state index contributed by atoms with van der Waals surface area (Å²) in [6.45, 7) is 13.4. The predicted octanol–water partition coefficient (Wildman–Crippen LogP) is 10.4. The molecule has 0 aliphatic heterocycles. The van der Waals surface area contributed by atoms with Crippen molar-refractivity contribution in [3.63, 3.8) is 0 Å². The Balaban J connectivity index is 1.49. The van der Waals surface area contributed by atoms with E-state index >= 15 is 0 Å². The first-order valence-corrected chi connectivity index (χ1v) is 16.9. The number of hydrogen-bond acceptors (Lipinski definition) is 3. The van der Waals surface area contributed by atoms with E-state index in [-0.39, 0.29) is 5.92 Å². The number of rotatable bonds is 3. The topological polar surface area (TPSA) is 38.7 Å². The van der Waals surface area contributed by atoms with Crippen LogP contribution in [0.2, 0.25) is 0 Å². The van der Waals surface area contributed by atoms with Crippen LogP contribution in [0.25, 0.3) is 33.5 Å². The van der Waals surface area contributed by atoms with Crippen molar-refractivity contribution in [3.05, 3.63) is 182 Å². The van der Waals surface area contributed by atoms with E-state index in [0.29, 0.717) is 11.6 Å². The molecule has 0 radical (unpaired) electrons. The molecule has 0 fully saturated rings. The first-order chi connectivity index (χ1) is 23.3. The van der Waals surface area contributed by atoms with Gasteiger partial charge < -0.3 is 0 Å². The molecule has 1 heterocycles. The van der Waals surface area contributed by atoms with Crippen molar-refractivity contribution in [1.29, 1.82) is 0 Å². The van der Waals surface area contributed by atoms with Crippen LogP contribution in [-0.2, 0) is 5.41 Å². The normalized spacial score (nSPS) is 17.2. The van der Waals surface area contributed by atoms with E-state index in [9.17, 15) is 0 Å². The first-order valence-electron chi connectivity index (χ1n) is 16.9. The fourth-order valence-corrected chi connectivity index (χ4v) is 8.31. The summed E-state index contributed by atoms with van der Waals surface area (Å²) in [5, 5.41) is 2.30. The molecule has 232 valence electrons. The van der Waals surface area contributed by atoms with E-state index in [0.717, 1.165) is 22.3 Å². The van der Waals surface area contributed by atoms with Crippen molar-refractivity contribution in [2.24, 2.45) is 0 Å². The number of aryl methyl sites for hydroxylation is 6. The molecule has 0 saturated carbocycles. The van der Waals surface area contributed by atoms with Crippen molar-refractivity contribution in [2.75, 3.05) is 0 Å². The first kappa shape index (κ1) is 28.8. The monoisotopic (exact) mass is 619 g/mol. The van der Waals surface area contributed by atoms with E-state index in [1.807, 2.05) is 6.07 Å². The second kappa shape index (κ2) is 10.3. The molecule has 0 N–H and O–H groups in total. The summed E-state index contributed by atoms with van der Waals surface area (Å²) in [7, 11) is 0. The van der Waals surface area contributed by atoms with Crippen LogP contribution in [0, 0.1) is 41.5 Å². The molecule has 6 aromatic carbocycles. The highest BCUT2D eigenvalue weighted by Crippen LogP contribution is 2.62. The van der Waals surface area contributed by atoms with Gasteiger partial charge in [0.2, 0.25) is 0 Å². The maximum Gasteiger partial charge on any atom is 0.164 e. The van der Waals surface area contributed by atoms with Crippen LogP contribution >= 0.6 is 0 Å². The quantitative estimate of drug-likeness (QED) is 0.198. The van der Waals surface area contributed by atoms with Crippen molar-refractivity contribution in [3.8, 4) is 22.8 Å². The Morgan fingerprint density at radius 3 is 1.52 bits per heavy atom. The zero-order valence-electron chi connectivity index (χ0n) is 28.3. The molecule has 7 aromatic rings. The van der Waals surface area contributed by atoms with Crippen LogP contribution in [0.4, 0.5) is 0 Å². The molecule has 0 spiro atoms. The lowest BCUT2D eigenvalue weighted by molar-refractivity contribution is 0.588. The minimum atomic E-state index is -0.726. The van der Waals surface area contributed by atoms with Crippen LogP contribution in [-0.4, -0.2) is 15.0 Å². The van der Waals surface area contributed by atoms with Gasteiger partial charge in [-0.1, -0.05) is 109 Å². The molecule has 0 unspecified atom stereocenters. The van der Waals surface area contributed by atoms with Gasteiger partial charge in [0.25, 0.3) is 0 Å². The van der Waals surface area contributed by atoms with E-state index in [1.54, 1.807) is 0 Å². The third-order valence-corrected chi connectivity index (χ3v) is 11.2. The third kappa shape index (κ3) is 3.91. The summed E-state index contributed by atoms with van der Waals surface area (Å²) in [6, 6.07) is 39.9. The van der Waals surface area contributed by atoms with Crippen molar-refractivity contribution >= 4 is 10.8 Å². The Morgan fingerprint density at radius 2 is 0.938 bits per heavy atom. The number of aromatic nitrogens is 3. The van der Waals surface area contributed by atoms with Crippen LogP contribution in [0.1, 0.15) is 78.5 Å². The molecule has 10 rings (SSSR count). The van der Waals surface area contributed by atoms with E-state index in [1.165, 1.54) is 72.1 Å². The summed E-state index contributed by atoms with van der Waals surface area (Å²) in [5.41, 5.74) is 17.0. The Kier molecular flexibility index (Phi) is 6.17. The highest BCUT2D eigenvalue weighted by molar-refractivity contribution is 5.95. The fraction of sp³-hybridized carbons (Fsp3) is 0.178. The third-order valence-electron chi connectivity index (χ3n) is 11.2. The maximum atomic E-state index is 5.60. The van der Waals surface area contributed by atoms with Gasteiger partial charge >= 0.3 is 0 Å². The van der Waals surface area contributed by atoms with Gasteiger partial charge in [-0.25, -0.2) is 15.0 Å². The molecular formula is C45H37N3. The Hall–Kier alpha value is -5.41. The molecule has 0 saturated heterocycles. The molecule has 0 amide bonds. The van der Waals surface area contributed by atoms with Crippen molar-refractivity contribution < 1.29 is 0 Å². The minimum absolute atomic E-state index is 0.151. The molecule has 48 heavy (non-hydrogen) atoms. The van der Waals surface area contributed by atoms with Crippen molar-refractivity contribution in [2.45, 2.75) is 52.9 Å². The average molecular weight is 620 g/mol. The maximum absolute atomic E-state index is 5.60. The summed E-state index contributed by atoms with van der Waals surface area (Å²) >= 11 is 0. The Labute approximate surface area is 282 Å². The number of hydrogen-bond donors (Lipinski definition) is 0. The largest absolute Gasteiger partial charge is 0.211 e. The smallest absolute Gasteiger partial charge is 0.164 e. The Morgan fingerprint density at radius 1 is 0.458 bits per heavy atom. The second-order valence-electron chi connectivity index (χ2n) is 14.0. The SMILES string of the molecule is Cc1cc2c(cc1C)C1(c3nc(-c4ccccc4)nc(-c4cccc5ccccc45)n3)c3cc(C)c(C)cc3C2c2cc(C)c(C)cc21. The van der Waals surface area contributed by atoms with Gasteiger partial charge in [-0.3, -0.25) is 0 Å². The lowest BCUT2D eigenvalue weighted by Crippen LogP contribution is -2.45. The van der Waals surface area contributed by atoms with Gasteiger partial charge in [0.05, 0.1) is 0 Å². The van der Waals surface area contributed by atoms with Crippen LogP contribution in [0.5, 0.6) is 0 Å². The van der Waals surface area contributed by atoms with Crippen molar-refractivity contribution in [1.82, 2.24) is 15.0 Å². The van der Waals surface area contributed by atoms with Gasteiger partial charge in [-0.05, 0) is 119 Å². The lowest BCUT2D eigenvalue weighted by Gasteiger charge is -2.50. The zero-order chi connectivity index (χ0) is 32.9. The van der Waals surface area contributed by atoms with E-state index in [4.69, 9.17) is 15.0 Å². The highest BCUT2D eigenvalue weighted by Gasteiger charge is 2.55. The van der Waals surface area contributed by atoms with Gasteiger partial charge in [-0.2, -0.15) is 0 Å². The van der Waals surface area contributed by atoms with Gasteiger partial charge in [0.1, 0.15) is 5.41 Å². The highest BCUT2D eigenvalue weighted by atomic mass is 15.1. The Bertz CT molecular complexity index is 2320.